The SMILES string of the molecule is [C-]#N.[C-]#N.[C-]#N.[C-]#N.[C-]#N.[C-]#N.[Fe+6].[Fe]. The van der Waals surface area contributed by atoms with Crippen LogP contribution in [0, 0.1) is 71.0 Å². The van der Waals surface area contributed by atoms with Gasteiger partial charge in [0.2, 0.25) is 0 Å². The third-order valence-electron chi connectivity index (χ3n) is 0. The molecule has 0 aromatic heterocycles. The van der Waals surface area contributed by atoms with E-state index in [0.29, 0.717) is 0 Å². The molecule has 0 unspecified atom stereocenters. The molecule has 0 radical (unpaired) electrons. The van der Waals surface area contributed by atoms with Gasteiger partial charge in [0.05, 0.1) is 0 Å². The van der Waals surface area contributed by atoms with Gasteiger partial charge >= 0.3 is 17.1 Å². The smallest absolute Gasteiger partial charge is 0.512 e. The van der Waals surface area contributed by atoms with Crippen molar-refractivity contribution in [3.8, 4) is 0 Å². The van der Waals surface area contributed by atoms with Crippen LogP contribution in [0.4, 0.5) is 0 Å². The Morgan fingerprint density at radius 2 is 0.357 bits per heavy atom. The van der Waals surface area contributed by atoms with E-state index >= 15 is 0 Å². The summed E-state index contributed by atoms with van der Waals surface area (Å²) in [5.41, 5.74) is 0. The fourth-order valence-electron chi connectivity index (χ4n) is 0. The molecule has 0 aromatic carbocycles. The van der Waals surface area contributed by atoms with E-state index in [1.807, 2.05) is 0 Å². The second-order valence-corrected chi connectivity index (χ2v) is 0. The van der Waals surface area contributed by atoms with Crippen LogP contribution >= 0.6 is 0 Å². The molecule has 0 spiro atoms. The fraction of sp³-hybridized carbons (Fsp3) is 0. The Kier molecular flexibility index (Phi) is 1740. The molecule has 0 aliphatic heterocycles. The Hall–Kier alpha value is -2.02. The number of hydrogen-bond acceptors (Lipinski definition) is 6. The van der Waals surface area contributed by atoms with E-state index in [1.54, 1.807) is 0 Å². The first-order valence-corrected chi connectivity index (χ1v) is 1.34. The van der Waals surface area contributed by atoms with Gasteiger partial charge < -0.3 is 71.0 Å². The molecular formula is C6Fe2N6. The summed E-state index contributed by atoms with van der Waals surface area (Å²) in [6.07, 6.45) is 0. The van der Waals surface area contributed by atoms with Crippen molar-refractivity contribution in [2.75, 3.05) is 0 Å². The number of rotatable bonds is 0. The van der Waals surface area contributed by atoms with Crippen LogP contribution in [-0.4, -0.2) is 0 Å². The average molecular weight is 268 g/mol. The first-order valence-electron chi connectivity index (χ1n) is 1.34. The van der Waals surface area contributed by atoms with Crippen molar-refractivity contribution in [2.24, 2.45) is 0 Å². The molecule has 8 heteroatoms. The Morgan fingerprint density at radius 1 is 0.357 bits per heavy atom. The largest absolute Gasteiger partial charge is 6.00 e. The van der Waals surface area contributed by atoms with Crippen molar-refractivity contribution < 1.29 is 34.1 Å². The van der Waals surface area contributed by atoms with Gasteiger partial charge in [-0.2, -0.15) is 0 Å². The predicted molar refractivity (Wildman–Crippen MR) is 29.8 cm³/mol. The Morgan fingerprint density at radius 3 is 0.357 bits per heavy atom. The first-order chi connectivity index (χ1) is 6.00. The van der Waals surface area contributed by atoms with Gasteiger partial charge in [-0.25, -0.2) is 0 Å². The topological polar surface area (TPSA) is 143 Å². The molecule has 0 saturated carbocycles. The van der Waals surface area contributed by atoms with E-state index in [9.17, 15) is 0 Å². The van der Waals surface area contributed by atoms with Gasteiger partial charge in [-0.15, -0.1) is 0 Å². The molecule has 14 heavy (non-hydrogen) atoms. The fourth-order valence-corrected chi connectivity index (χ4v) is 0. The molecule has 0 rings (SSSR count). The quantitative estimate of drug-likeness (QED) is 0.464. The van der Waals surface area contributed by atoms with Crippen molar-refractivity contribution in [3.63, 3.8) is 0 Å². The minimum atomic E-state index is 0. The van der Waals surface area contributed by atoms with Crippen molar-refractivity contribution in [2.45, 2.75) is 0 Å². The summed E-state index contributed by atoms with van der Waals surface area (Å²) in [6.45, 7) is 28.5. The molecule has 0 aliphatic rings. The maximum absolute atomic E-state index is 6.25. The zero-order valence-corrected chi connectivity index (χ0v) is 8.60. The average Bonchev–Trinajstić information content (AvgIpc) is 2.33. The van der Waals surface area contributed by atoms with E-state index < -0.39 is 0 Å². The molecule has 0 heterocycles. The zero-order chi connectivity index (χ0) is 12.0. The van der Waals surface area contributed by atoms with Crippen LogP contribution in [0.15, 0.2) is 0 Å². The van der Waals surface area contributed by atoms with Gasteiger partial charge in [0.25, 0.3) is 0 Å². The maximum Gasteiger partial charge on any atom is 6.00 e. The monoisotopic (exact) mass is 268 g/mol. The molecule has 0 atom stereocenters. The third kappa shape index (κ3) is 197. The minimum absolute atomic E-state index is 0. The molecule has 0 N–H and O–H groups in total. The minimum Gasteiger partial charge on any atom is -0.512 e. The summed E-state index contributed by atoms with van der Waals surface area (Å²) in [7, 11) is 0. The summed E-state index contributed by atoms with van der Waals surface area (Å²) in [6, 6.07) is 0. The molecule has 0 aromatic rings. The van der Waals surface area contributed by atoms with E-state index in [2.05, 4.69) is 0 Å². The molecule has 0 fully saturated rings. The first kappa shape index (κ1) is 91.2. The maximum atomic E-state index is 6.25. The van der Waals surface area contributed by atoms with Crippen LogP contribution in [0.3, 0.4) is 0 Å². The van der Waals surface area contributed by atoms with E-state index in [4.69, 9.17) is 71.0 Å². The molecule has 0 amide bonds. The van der Waals surface area contributed by atoms with Crippen LogP contribution in [0.2, 0.25) is 0 Å². The summed E-state index contributed by atoms with van der Waals surface area (Å²) < 4.78 is 0. The van der Waals surface area contributed by atoms with Crippen LogP contribution in [0.25, 0.3) is 0 Å². The van der Waals surface area contributed by atoms with Gasteiger partial charge in [0.15, 0.2) is 0 Å². The van der Waals surface area contributed by atoms with E-state index in [0.717, 1.165) is 0 Å². The molecule has 0 aliphatic carbocycles. The molecule has 70 valence electrons. The normalized spacial score (nSPS) is 0.857. The van der Waals surface area contributed by atoms with Gasteiger partial charge in [0.1, 0.15) is 0 Å². The van der Waals surface area contributed by atoms with Gasteiger partial charge in [-0.05, 0) is 0 Å². The standard InChI is InChI=1S/6CN.2Fe/c6*1-2;;/q6*-1;;+6. The molecule has 0 saturated heterocycles. The van der Waals surface area contributed by atoms with E-state index in [1.165, 1.54) is 0 Å². The summed E-state index contributed by atoms with van der Waals surface area (Å²) >= 11 is 0. The van der Waals surface area contributed by atoms with Crippen LogP contribution < -0.4 is 0 Å². The Labute approximate surface area is 105 Å². The van der Waals surface area contributed by atoms with Crippen LogP contribution in [0.5, 0.6) is 0 Å². The Balaban J connectivity index is -0.00000000500. The second-order valence-electron chi connectivity index (χ2n) is 0. The van der Waals surface area contributed by atoms with Crippen molar-refractivity contribution >= 4 is 0 Å². The van der Waals surface area contributed by atoms with Crippen molar-refractivity contribution in [3.05, 3.63) is 39.4 Å². The summed E-state index contributed by atoms with van der Waals surface area (Å²) in [4.78, 5) is 0. The molecule has 6 nitrogen and oxygen atoms in total. The second kappa shape index (κ2) is 268. The van der Waals surface area contributed by atoms with Gasteiger partial charge in [-0.1, -0.05) is 0 Å². The summed E-state index contributed by atoms with van der Waals surface area (Å²) in [5, 5.41) is 37.5. The predicted octanol–water partition coefficient (Wildman–Crippen LogP) is 0.573. The van der Waals surface area contributed by atoms with E-state index in [-0.39, 0.29) is 34.1 Å². The van der Waals surface area contributed by atoms with Crippen molar-refractivity contribution in [1.29, 1.82) is 31.6 Å². The van der Waals surface area contributed by atoms with Crippen molar-refractivity contribution in [1.82, 2.24) is 0 Å². The van der Waals surface area contributed by atoms with Crippen LogP contribution in [0.1, 0.15) is 0 Å². The molecular weight excluding hydrogens is 268 g/mol. The Bertz CT molecular complexity index is 95.3. The van der Waals surface area contributed by atoms with Gasteiger partial charge in [-0.3, -0.25) is 0 Å². The number of nitrogens with zero attached hydrogens (tertiary/aromatic N) is 6. The molecule has 0 bridgehead atoms. The number of hydrogen-bond donors (Lipinski definition) is 0. The summed E-state index contributed by atoms with van der Waals surface area (Å²) in [5.74, 6) is 0. The van der Waals surface area contributed by atoms with Crippen LogP contribution in [-0.2, 0) is 34.1 Å². The van der Waals surface area contributed by atoms with Gasteiger partial charge in [0, 0.05) is 17.1 Å². The zero-order valence-electron chi connectivity index (χ0n) is 6.39. The third-order valence-corrected chi connectivity index (χ3v) is 0.